The first-order valence-corrected chi connectivity index (χ1v) is 8.56. The Bertz CT molecular complexity index is 687. The SMILES string of the molecule is CC1(C)OB(c2ccc(NC3C4COCC43)c(C#N)c2)OC1(C)C. The quantitative estimate of drug-likeness (QED) is 0.860. The standard InChI is InChI=1S/C18H23BN2O3/c1-17(2)18(3,4)24-19(23-17)12-5-6-15(11(7-12)8-20)21-16-13-9-22-10-14(13)16/h5-7,13-14,16,21H,9-10H2,1-4H3. The molecule has 4 rings (SSSR count). The summed E-state index contributed by atoms with van der Waals surface area (Å²) in [7, 11) is -0.440. The van der Waals surface area contributed by atoms with Crippen molar-refractivity contribution in [3.8, 4) is 6.07 Å². The molecule has 0 spiro atoms. The monoisotopic (exact) mass is 326 g/mol. The van der Waals surface area contributed by atoms with Crippen LogP contribution in [0, 0.1) is 23.2 Å². The third kappa shape index (κ3) is 2.43. The van der Waals surface area contributed by atoms with Crippen LogP contribution in [0.25, 0.3) is 0 Å². The Kier molecular flexibility index (Phi) is 3.47. The fourth-order valence-electron chi connectivity index (χ4n) is 3.54. The van der Waals surface area contributed by atoms with E-state index in [1.54, 1.807) is 0 Å². The van der Waals surface area contributed by atoms with Gasteiger partial charge < -0.3 is 19.4 Å². The van der Waals surface area contributed by atoms with E-state index in [1.807, 2.05) is 45.9 Å². The van der Waals surface area contributed by atoms with Gasteiger partial charge in [-0.3, -0.25) is 0 Å². The highest BCUT2D eigenvalue weighted by atomic mass is 16.7. The number of anilines is 1. The highest BCUT2D eigenvalue weighted by molar-refractivity contribution is 6.62. The van der Waals surface area contributed by atoms with Gasteiger partial charge in [-0.1, -0.05) is 6.07 Å². The highest BCUT2D eigenvalue weighted by Gasteiger charge is 2.54. The van der Waals surface area contributed by atoms with Gasteiger partial charge >= 0.3 is 7.12 Å². The van der Waals surface area contributed by atoms with Gasteiger partial charge in [0.05, 0.1) is 35.7 Å². The zero-order valence-electron chi connectivity index (χ0n) is 14.6. The average Bonchev–Trinajstić information content (AvgIpc) is 2.87. The van der Waals surface area contributed by atoms with Crippen LogP contribution in [0.3, 0.4) is 0 Å². The molecule has 2 aliphatic heterocycles. The predicted octanol–water partition coefficient (Wildman–Crippen LogP) is 1.91. The molecule has 3 aliphatic rings. The first kappa shape index (κ1) is 16.0. The van der Waals surface area contributed by atoms with Crippen LogP contribution in [0.2, 0.25) is 0 Å². The maximum atomic E-state index is 9.53. The van der Waals surface area contributed by atoms with Gasteiger partial charge in [-0.2, -0.15) is 5.26 Å². The average molecular weight is 326 g/mol. The van der Waals surface area contributed by atoms with Crippen molar-refractivity contribution in [1.29, 1.82) is 5.26 Å². The van der Waals surface area contributed by atoms with Gasteiger partial charge in [-0.05, 0) is 45.3 Å². The summed E-state index contributed by atoms with van der Waals surface area (Å²) in [5.41, 5.74) is 1.64. The van der Waals surface area contributed by atoms with Crippen molar-refractivity contribution >= 4 is 18.3 Å². The first-order valence-electron chi connectivity index (χ1n) is 8.56. The summed E-state index contributed by atoms with van der Waals surface area (Å²) in [4.78, 5) is 0. The molecule has 1 aromatic carbocycles. The van der Waals surface area contributed by atoms with Crippen LogP contribution in [0.4, 0.5) is 5.69 Å². The van der Waals surface area contributed by atoms with E-state index < -0.39 is 7.12 Å². The van der Waals surface area contributed by atoms with E-state index in [2.05, 4.69) is 11.4 Å². The van der Waals surface area contributed by atoms with Gasteiger partial charge in [-0.25, -0.2) is 0 Å². The number of fused-ring (bicyclic) bond motifs is 1. The van der Waals surface area contributed by atoms with E-state index in [-0.39, 0.29) is 11.2 Å². The van der Waals surface area contributed by atoms with Gasteiger partial charge in [0.15, 0.2) is 0 Å². The largest absolute Gasteiger partial charge is 0.494 e. The van der Waals surface area contributed by atoms with Crippen molar-refractivity contribution in [2.45, 2.75) is 44.9 Å². The minimum Gasteiger partial charge on any atom is -0.399 e. The van der Waals surface area contributed by atoms with E-state index in [0.717, 1.165) is 24.4 Å². The predicted molar refractivity (Wildman–Crippen MR) is 92.1 cm³/mol. The molecule has 126 valence electrons. The summed E-state index contributed by atoms with van der Waals surface area (Å²) < 4.78 is 17.6. The molecule has 0 bridgehead atoms. The number of hydrogen-bond acceptors (Lipinski definition) is 5. The molecule has 1 aliphatic carbocycles. The molecular formula is C18H23BN2O3. The zero-order valence-corrected chi connectivity index (χ0v) is 14.6. The van der Waals surface area contributed by atoms with Crippen molar-refractivity contribution < 1.29 is 14.0 Å². The Balaban J connectivity index is 1.53. The van der Waals surface area contributed by atoms with Crippen LogP contribution in [0.1, 0.15) is 33.3 Å². The van der Waals surface area contributed by atoms with Crippen LogP contribution in [0.5, 0.6) is 0 Å². The van der Waals surface area contributed by atoms with Crippen molar-refractivity contribution in [1.82, 2.24) is 0 Å². The molecule has 2 unspecified atom stereocenters. The topological polar surface area (TPSA) is 63.5 Å². The smallest absolute Gasteiger partial charge is 0.399 e. The number of rotatable bonds is 3. The number of nitriles is 1. The fraction of sp³-hybridized carbons (Fsp3) is 0.611. The molecule has 0 amide bonds. The first-order chi connectivity index (χ1) is 11.3. The molecule has 1 aromatic rings. The molecular weight excluding hydrogens is 303 g/mol. The number of nitrogens with zero attached hydrogens (tertiary/aromatic N) is 1. The van der Waals surface area contributed by atoms with E-state index in [1.165, 1.54) is 0 Å². The maximum absolute atomic E-state index is 9.53. The molecule has 1 saturated carbocycles. The van der Waals surface area contributed by atoms with E-state index in [9.17, 15) is 5.26 Å². The minimum atomic E-state index is -0.440. The van der Waals surface area contributed by atoms with Gasteiger partial charge in [0.1, 0.15) is 6.07 Å². The summed E-state index contributed by atoms with van der Waals surface area (Å²) in [5, 5.41) is 13.0. The number of hydrogen-bond donors (Lipinski definition) is 1. The molecule has 5 nitrogen and oxygen atoms in total. The molecule has 2 heterocycles. The van der Waals surface area contributed by atoms with Gasteiger partial charge in [0, 0.05) is 17.9 Å². The molecule has 3 fully saturated rings. The second-order valence-corrected chi connectivity index (χ2v) is 8.04. The summed E-state index contributed by atoms with van der Waals surface area (Å²) in [6.07, 6.45) is 0. The Labute approximate surface area is 143 Å². The summed E-state index contributed by atoms with van der Waals surface area (Å²) in [5.74, 6) is 1.19. The highest BCUT2D eigenvalue weighted by Crippen LogP contribution is 2.46. The maximum Gasteiger partial charge on any atom is 0.494 e. The van der Waals surface area contributed by atoms with Crippen molar-refractivity contribution in [2.75, 3.05) is 18.5 Å². The fourth-order valence-corrected chi connectivity index (χ4v) is 3.54. The molecule has 2 saturated heterocycles. The number of nitrogens with one attached hydrogen (secondary N) is 1. The van der Waals surface area contributed by atoms with E-state index in [0.29, 0.717) is 23.4 Å². The zero-order chi connectivity index (χ0) is 17.1. The van der Waals surface area contributed by atoms with Gasteiger partial charge in [0.25, 0.3) is 0 Å². The number of benzene rings is 1. The third-order valence-corrected chi connectivity index (χ3v) is 5.96. The molecule has 6 heteroatoms. The molecule has 0 aromatic heterocycles. The minimum absolute atomic E-state index is 0.382. The summed E-state index contributed by atoms with van der Waals surface area (Å²) >= 11 is 0. The van der Waals surface area contributed by atoms with E-state index >= 15 is 0 Å². The van der Waals surface area contributed by atoms with E-state index in [4.69, 9.17) is 14.0 Å². The lowest BCUT2D eigenvalue weighted by Gasteiger charge is -2.32. The summed E-state index contributed by atoms with van der Waals surface area (Å²) in [6, 6.07) is 8.56. The van der Waals surface area contributed by atoms with Crippen molar-refractivity contribution in [2.24, 2.45) is 11.8 Å². The van der Waals surface area contributed by atoms with Gasteiger partial charge in [-0.15, -0.1) is 0 Å². The second-order valence-electron chi connectivity index (χ2n) is 8.04. The van der Waals surface area contributed by atoms with Gasteiger partial charge in [0.2, 0.25) is 0 Å². The van der Waals surface area contributed by atoms with Crippen LogP contribution in [0.15, 0.2) is 18.2 Å². The third-order valence-electron chi connectivity index (χ3n) is 5.96. The van der Waals surface area contributed by atoms with Crippen LogP contribution < -0.4 is 10.8 Å². The Morgan fingerprint density at radius 3 is 2.33 bits per heavy atom. The number of ether oxygens (including phenoxy) is 1. The van der Waals surface area contributed by atoms with Crippen LogP contribution in [-0.4, -0.2) is 37.6 Å². The second kappa shape index (κ2) is 5.22. The Morgan fingerprint density at radius 1 is 1.12 bits per heavy atom. The lowest BCUT2D eigenvalue weighted by Crippen LogP contribution is -2.41. The van der Waals surface area contributed by atoms with Crippen LogP contribution in [-0.2, 0) is 14.0 Å². The molecule has 24 heavy (non-hydrogen) atoms. The van der Waals surface area contributed by atoms with Crippen molar-refractivity contribution in [3.63, 3.8) is 0 Å². The molecule has 0 radical (unpaired) electrons. The Hall–Kier alpha value is -1.55. The summed E-state index contributed by atoms with van der Waals surface area (Å²) in [6.45, 7) is 9.78. The Morgan fingerprint density at radius 2 is 1.75 bits per heavy atom. The van der Waals surface area contributed by atoms with Crippen molar-refractivity contribution in [3.05, 3.63) is 23.8 Å². The molecule has 2 atom stereocenters. The molecule has 1 N–H and O–H groups in total. The normalized spacial score (nSPS) is 32.3. The van der Waals surface area contributed by atoms with Crippen LogP contribution >= 0.6 is 0 Å². The lowest BCUT2D eigenvalue weighted by molar-refractivity contribution is 0.00578. The lowest BCUT2D eigenvalue weighted by atomic mass is 9.78.